The summed E-state index contributed by atoms with van der Waals surface area (Å²) in [7, 11) is 0. The van der Waals surface area contributed by atoms with Crippen molar-refractivity contribution in [3.63, 3.8) is 0 Å². The maximum absolute atomic E-state index is 5.45. The Hall–Kier alpha value is -1.68. The fourth-order valence-corrected chi connectivity index (χ4v) is 3.49. The molecular weight excluding hydrogens is 310 g/mol. The number of aromatic nitrogens is 2. The zero-order valence-corrected chi connectivity index (χ0v) is 15.5. The number of unbranched alkanes of at least 4 members (excludes halogenated alkanes) is 6. The molecule has 0 bridgehead atoms. The van der Waals surface area contributed by atoms with E-state index < -0.39 is 0 Å². The lowest BCUT2D eigenvalue weighted by atomic mass is 10.0. The second-order valence-electron chi connectivity index (χ2n) is 7.21. The number of hydrogen-bond donors (Lipinski definition) is 1. The maximum atomic E-state index is 5.45. The van der Waals surface area contributed by atoms with E-state index in [9.17, 15) is 0 Å². The summed E-state index contributed by atoms with van der Waals surface area (Å²) in [5.74, 6) is 1.86. The van der Waals surface area contributed by atoms with Gasteiger partial charge in [0.1, 0.15) is 0 Å². The largest absolute Gasteiger partial charge is 0.339 e. The molecule has 136 valence electrons. The van der Waals surface area contributed by atoms with Crippen LogP contribution in [0.25, 0.3) is 11.4 Å². The molecule has 25 heavy (non-hydrogen) atoms. The number of nitrogens with one attached hydrogen (secondary N) is 1. The second-order valence-corrected chi connectivity index (χ2v) is 7.21. The monoisotopic (exact) mass is 341 g/mol. The molecule has 1 N–H and O–H groups in total. The zero-order valence-electron chi connectivity index (χ0n) is 15.5. The number of aryl methyl sites for hydroxylation is 1. The van der Waals surface area contributed by atoms with Crippen molar-refractivity contribution in [3.8, 4) is 11.4 Å². The zero-order chi connectivity index (χ0) is 17.3. The molecule has 4 nitrogen and oxygen atoms in total. The molecule has 0 amide bonds. The van der Waals surface area contributed by atoms with E-state index in [1.807, 2.05) is 0 Å². The molecule has 0 saturated carbocycles. The Balaban J connectivity index is 1.44. The normalized spacial score (nSPS) is 17.2. The minimum absolute atomic E-state index is 0.373. The molecule has 1 aromatic carbocycles. The highest BCUT2D eigenvalue weighted by Crippen LogP contribution is 2.24. The number of hydrogen-bond acceptors (Lipinski definition) is 4. The van der Waals surface area contributed by atoms with Crippen LogP contribution in [-0.2, 0) is 6.42 Å². The van der Waals surface area contributed by atoms with E-state index >= 15 is 0 Å². The Morgan fingerprint density at radius 3 is 2.52 bits per heavy atom. The summed E-state index contributed by atoms with van der Waals surface area (Å²) >= 11 is 0. The minimum Gasteiger partial charge on any atom is -0.339 e. The van der Waals surface area contributed by atoms with Gasteiger partial charge in [-0.05, 0) is 31.4 Å². The van der Waals surface area contributed by atoms with Crippen LogP contribution in [0.3, 0.4) is 0 Å². The molecule has 0 spiro atoms. The van der Waals surface area contributed by atoms with Crippen LogP contribution < -0.4 is 5.32 Å². The topological polar surface area (TPSA) is 51.0 Å². The summed E-state index contributed by atoms with van der Waals surface area (Å²) < 4.78 is 5.45. The van der Waals surface area contributed by atoms with Gasteiger partial charge >= 0.3 is 0 Å². The minimum atomic E-state index is 0.373. The summed E-state index contributed by atoms with van der Waals surface area (Å²) in [5, 5.41) is 7.50. The molecule has 3 rings (SSSR count). The van der Waals surface area contributed by atoms with E-state index in [1.165, 1.54) is 56.9 Å². The molecule has 1 unspecified atom stereocenters. The van der Waals surface area contributed by atoms with Crippen LogP contribution in [0, 0.1) is 0 Å². The average Bonchev–Trinajstić information content (AvgIpc) is 3.33. The maximum Gasteiger partial charge on any atom is 0.231 e. The van der Waals surface area contributed by atoms with Crippen LogP contribution in [0.2, 0.25) is 0 Å². The van der Waals surface area contributed by atoms with Gasteiger partial charge < -0.3 is 9.84 Å². The van der Waals surface area contributed by atoms with E-state index in [-0.39, 0.29) is 0 Å². The lowest BCUT2D eigenvalue weighted by Gasteiger charge is -2.03. The highest BCUT2D eigenvalue weighted by molar-refractivity contribution is 5.54. The summed E-state index contributed by atoms with van der Waals surface area (Å²) in [5.41, 5.74) is 2.45. The molecule has 0 aliphatic carbocycles. The molecule has 2 heterocycles. The van der Waals surface area contributed by atoms with E-state index in [1.54, 1.807) is 0 Å². The van der Waals surface area contributed by atoms with Gasteiger partial charge in [0.15, 0.2) is 0 Å². The molecule has 4 heteroatoms. The fraction of sp³-hybridized carbons (Fsp3) is 0.619. The molecule has 1 aromatic heterocycles. The van der Waals surface area contributed by atoms with Gasteiger partial charge in [-0.2, -0.15) is 4.98 Å². The second kappa shape index (κ2) is 9.71. The number of nitrogens with zero attached hydrogens (tertiary/aromatic N) is 2. The molecule has 1 fully saturated rings. The molecule has 1 atom stereocenters. The Bertz CT molecular complexity index is 614. The Morgan fingerprint density at radius 2 is 1.80 bits per heavy atom. The predicted molar refractivity (Wildman–Crippen MR) is 102 cm³/mol. The standard InChI is InChI=1S/C21H31N3O/c1-2-3-4-5-6-7-8-9-17-10-12-18(13-11-17)20-23-21(25-24-20)19-14-15-22-16-19/h10-13,19,22H,2-9,14-16H2,1H3. The van der Waals surface area contributed by atoms with Crippen molar-refractivity contribution in [2.24, 2.45) is 0 Å². The van der Waals surface area contributed by atoms with E-state index in [2.05, 4.69) is 46.6 Å². The van der Waals surface area contributed by atoms with Crippen molar-refractivity contribution in [3.05, 3.63) is 35.7 Å². The average molecular weight is 341 g/mol. The van der Waals surface area contributed by atoms with Gasteiger partial charge in [0, 0.05) is 12.1 Å². The van der Waals surface area contributed by atoms with E-state index in [4.69, 9.17) is 4.52 Å². The molecule has 1 aliphatic heterocycles. The van der Waals surface area contributed by atoms with Crippen LogP contribution >= 0.6 is 0 Å². The van der Waals surface area contributed by atoms with Gasteiger partial charge in [0.2, 0.25) is 11.7 Å². The Labute approximate surface area is 151 Å². The first-order valence-corrected chi connectivity index (χ1v) is 10.0. The van der Waals surface area contributed by atoms with Crippen LogP contribution in [0.4, 0.5) is 0 Å². The molecule has 1 aliphatic rings. The smallest absolute Gasteiger partial charge is 0.231 e. The third-order valence-electron chi connectivity index (χ3n) is 5.13. The van der Waals surface area contributed by atoms with Crippen LogP contribution in [0.5, 0.6) is 0 Å². The number of rotatable bonds is 10. The van der Waals surface area contributed by atoms with Crippen molar-refractivity contribution < 1.29 is 4.52 Å². The molecule has 0 radical (unpaired) electrons. The van der Waals surface area contributed by atoms with Gasteiger partial charge in [-0.3, -0.25) is 0 Å². The SMILES string of the molecule is CCCCCCCCCc1ccc(-c2noc(C3CCNC3)n2)cc1. The van der Waals surface area contributed by atoms with Crippen LogP contribution in [-0.4, -0.2) is 23.2 Å². The lowest BCUT2D eigenvalue weighted by Crippen LogP contribution is -2.08. The van der Waals surface area contributed by atoms with Crippen molar-refractivity contribution in [2.75, 3.05) is 13.1 Å². The summed E-state index contributed by atoms with van der Waals surface area (Å²) in [6.45, 7) is 4.25. The van der Waals surface area contributed by atoms with Gasteiger partial charge in [-0.25, -0.2) is 0 Å². The molecular formula is C21H31N3O. The van der Waals surface area contributed by atoms with Gasteiger partial charge in [0.25, 0.3) is 0 Å². The van der Waals surface area contributed by atoms with Crippen LogP contribution in [0.1, 0.15) is 75.7 Å². The quantitative estimate of drug-likeness (QED) is 0.610. The van der Waals surface area contributed by atoms with Gasteiger partial charge in [0.05, 0.1) is 5.92 Å². The van der Waals surface area contributed by atoms with E-state index in [0.29, 0.717) is 11.7 Å². The van der Waals surface area contributed by atoms with Gasteiger partial charge in [-0.15, -0.1) is 0 Å². The molecule has 1 saturated heterocycles. The molecule has 2 aromatic rings. The van der Waals surface area contributed by atoms with Crippen molar-refractivity contribution in [2.45, 2.75) is 70.6 Å². The predicted octanol–water partition coefficient (Wildman–Crippen LogP) is 5.11. The Kier molecular flexibility index (Phi) is 7.04. The summed E-state index contributed by atoms with van der Waals surface area (Å²) in [6.07, 6.45) is 11.8. The first kappa shape index (κ1) is 18.1. The third kappa shape index (κ3) is 5.40. The third-order valence-corrected chi connectivity index (χ3v) is 5.13. The number of benzene rings is 1. The Morgan fingerprint density at radius 1 is 1.04 bits per heavy atom. The summed E-state index contributed by atoms with van der Waals surface area (Å²) in [4.78, 5) is 4.59. The first-order chi connectivity index (χ1) is 12.4. The van der Waals surface area contributed by atoms with E-state index in [0.717, 1.165) is 31.0 Å². The van der Waals surface area contributed by atoms with Crippen molar-refractivity contribution in [1.82, 2.24) is 15.5 Å². The first-order valence-electron chi connectivity index (χ1n) is 10.0. The van der Waals surface area contributed by atoms with Crippen molar-refractivity contribution in [1.29, 1.82) is 0 Å². The fourth-order valence-electron chi connectivity index (χ4n) is 3.49. The summed E-state index contributed by atoms with van der Waals surface area (Å²) in [6, 6.07) is 8.66. The van der Waals surface area contributed by atoms with Crippen LogP contribution in [0.15, 0.2) is 28.8 Å². The lowest BCUT2D eigenvalue weighted by molar-refractivity contribution is 0.359. The van der Waals surface area contributed by atoms with Crippen molar-refractivity contribution >= 4 is 0 Å². The highest BCUT2D eigenvalue weighted by atomic mass is 16.5. The highest BCUT2D eigenvalue weighted by Gasteiger charge is 2.22. The van der Waals surface area contributed by atoms with Gasteiger partial charge in [-0.1, -0.05) is 74.9 Å².